The van der Waals surface area contributed by atoms with Gasteiger partial charge in [0.05, 0.1) is 0 Å². The fraction of sp³-hybridized carbons (Fsp3) is 0.571. The van der Waals surface area contributed by atoms with E-state index in [2.05, 4.69) is 5.32 Å². The van der Waals surface area contributed by atoms with Crippen molar-refractivity contribution in [3.8, 4) is 0 Å². The van der Waals surface area contributed by atoms with E-state index >= 15 is 0 Å². The topological polar surface area (TPSA) is 32.3 Å². The summed E-state index contributed by atoms with van der Waals surface area (Å²) in [6.45, 7) is 8.93. The Hall–Kier alpha value is -1.00. The van der Waals surface area contributed by atoms with Gasteiger partial charge < -0.3 is 10.4 Å². The van der Waals surface area contributed by atoms with Crippen molar-refractivity contribution in [3.63, 3.8) is 0 Å². The molecule has 0 aliphatic rings. The molecule has 102 valence electrons. The van der Waals surface area contributed by atoms with Crippen LogP contribution in [0.3, 0.4) is 0 Å². The quantitative estimate of drug-likeness (QED) is 0.872. The van der Waals surface area contributed by atoms with Crippen molar-refractivity contribution in [2.45, 2.75) is 45.8 Å². The predicted molar refractivity (Wildman–Crippen MR) is 68.4 cm³/mol. The first-order valence-corrected chi connectivity index (χ1v) is 5.96. The fourth-order valence-electron chi connectivity index (χ4n) is 1.59. The van der Waals surface area contributed by atoms with Crippen LogP contribution in [-0.2, 0) is 5.60 Å². The molecule has 0 radical (unpaired) electrons. The van der Waals surface area contributed by atoms with Crippen molar-refractivity contribution in [2.75, 3.05) is 6.54 Å². The molecule has 1 unspecified atom stereocenters. The number of β-amino-alcohol motifs (C(OH)–C–C–N with tert-alkyl or cyclic N) is 1. The Balaban J connectivity index is 3.01. The van der Waals surface area contributed by atoms with Crippen LogP contribution in [0.4, 0.5) is 8.78 Å². The number of benzene rings is 1. The van der Waals surface area contributed by atoms with Gasteiger partial charge in [0, 0.05) is 17.6 Å². The van der Waals surface area contributed by atoms with Gasteiger partial charge in [-0.2, -0.15) is 0 Å². The molecular formula is C14H21F2NO. The summed E-state index contributed by atoms with van der Waals surface area (Å²) in [6, 6.07) is 2.17. The molecule has 1 rings (SSSR count). The number of rotatable bonds is 3. The number of aryl methyl sites for hydroxylation is 1. The molecule has 0 fully saturated rings. The smallest absolute Gasteiger partial charge is 0.129 e. The maximum Gasteiger partial charge on any atom is 0.129 e. The largest absolute Gasteiger partial charge is 0.384 e. The van der Waals surface area contributed by atoms with E-state index in [0.717, 1.165) is 12.1 Å². The summed E-state index contributed by atoms with van der Waals surface area (Å²) in [4.78, 5) is 0. The van der Waals surface area contributed by atoms with Crippen LogP contribution in [0.5, 0.6) is 0 Å². The van der Waals surface area contributed by atoms with E-state index in [-0.39, 0.29) is 23.2 Å². The van der Waals surface area contributed by atoms with E-state index in [0.29, 0.717) is 0 Å². The number of hydrogen-bond acceptors (Lipinski definition) is 2. The third kappa shape index (κ3) is 3.75. The standard InChI is InChI=1S/C14H21F2NO/c1-9-6-12(16)10(7-11(9)15)14(5,18)8-17-13(2,3)4/h6-7,17-18H,8H2,1-5H3. The van der Waals surface area contributed by atoms with Crippen LogP contribution in [0.15, 0.2) is 12.1 Å². The monoisotopic (exact) mass is 257 g/mol. The summed E-state index contributed by atoms with van der Waals surface area (Å²) in [6.07, 6.45) is 0. The average molecular weight is 257 g/mol. The van der Waals surface area contributed by atoms with Gasteiger partial charge in [0.15, 0.2) is 0 Å². The molecule has 2 nitrogen and oxygen atoms in total. The molecular weight excluding hydrogens is 236 g/mol. The molecule has 0 saturated heterocycles. The minimum Gasteiger partial charge on any atom is -0.384 e. The van der Waals surface area contributed by atoms with Crippen LogP contribution in [0.1, 0.15) is 38.8 Å². The Morgan fingerprint density at radius 2 is 1.67 bits per heavy atom. The summed E-state index contributed by atoms with van der Waals surface area (Å²) in [7, 11) is 0. The van der Waals surface area contributed by atoms with Gasteiger partial charge in [0.25, 0.3) is 0 Å². The molecule has 0 aliphatic carbocycles. The summed E-state index contributed by atoms with van der Waals surface area (Å²) in [5.74, 6) is -1.10. The first-order chi connectivity index (χ1) is 8.03. The van der Waals surface area contributed by atoms with E-state index < -0.39 is 17.2 Å². The molecule has 0 aliphatic heterocycles. The third-order valence-electron chi connectivity index (χ3n) is 2.79. The lowest BCUT2D eigenvalue weighted by molar-refractivity contribution is 0.0462. The Kier molecular flexibility index (Phi) is 4.13. The summed E-state index contributed by atoms with van der Waals surface area (Å²) in [5.41, 5.74) is -1.45. The number of aliphatic hydroxyl groups is 1. The maximum absolute atomic E-state index is 13.8. The van der Waals surface area contributed by atoms with Gasteiger partial charge >= 0.3 is 0 Å². The minimum atomic E-state index is -1.45. The summed E-state index contributed by atoms with van der Waals surface area (Å²) >= 11 is 0. The van der Waals surface area contributed by atoms with Crippen LogP contribution >= 0.6 is 0 Å². The lowest BCUT2D eigenvalue weighted by Gasteiger charge is -2.30. The van der Waals surface area contributed by atoms with Crippen LogP contribution in [0, 0.1) is 18.6 Å². The first-order valence-electron chi connectivity index (χ1n) is 5.96. The van der Waals surface area contributed by atoms with E-state index in [9.17, 15) is 13.9 Å². The van der Waals surface area contributed by atoms with Crippen molar-refractivity contribution in [1.29, 1.82) is 0 Å². The van der Waals surface area contributed by atoms with Crippen molar-refractivity contribution in [2.24, 2.45) is 0 Å². The fourth-order valence-corrected chi connectivity index (χ4v) is 1.59. The summed E-state index contributed by atoms with van der Waals surface area (Å²) < 4.78 is 27.3. The maximum atomic E-state index is 13.8. The predicted octanol–water partition coefficient (Wildman–Crippen LogP) is 2.87. The van der Waals surface area contributed by atoms with E-state index in [1.54, 1.807) is 0 Å². The third-order valence-corrected chi connectivity index (χ3v) is 2.79. The van der Waals surface area contributed by atoms with Gasteiger partial charge in [-0.1, -0.05) is 0 Å². The number of hydrogen-bond donors (Lipinski definition) is 2. The van der Waals surface area contributed by atoms with Gasteiger partial charge in [-0.05, 0) is 52.3 Å². The van der Waals surface area contributed by atoms with Gasteiger partial charge in [-0.25, -0.2) is 8.78 Å². The molecule has 0 amide bonds. The average Bonchev–Trinajstić information content (AvgIpc) is 2.19. The second kappa shape index (κ2) is 4.94. The molecule has 1 atom stereocenters. The van der Waals surface area contributed by atoms with Gasteiger partial charge in [0.2, 0.25) is 0 Å². The Morgan fingerprint density at radius 1 is 1.11 bits per heavy atom. The molecule has 1 aromatic carbocycles. The highest BCUT2D eigenvalue weighted by atomic mass is 19.1. The van der Waals surface area contributed by atoms with Crippen LogP contribution in [0.2, 0.25) is 0 Å². The van der Waals surface area contributed by atoms with Crippen molar-refractivity contribution < 1.29 is 13.9 Å². The second-order valence-corrected chi connectivity index (χ2v) is 5.96. The Bertz CT molecular complexity index is 436. The van der Waals surface area contributed by atoms with E-state index in [1.807, 2.05) is 20.8 Å². The summed E-state index contributed by atoms with van der Waals surface area (Å²) in [5, 5.41) is 13.4. The molecule has 1 aromatic rings. The highest BCUT2D eigenvalue weighted by Crippen LogP contribution is 2.26. The second-order valence-electron chi connectivity index (χ2n) is 5.96. The van der Waals surface area contributed by atoms with Gasteiger partial charge in [-0.3, -0.25) is 0 Å². The van der Waals surface area contributed by atoms with Crippen LogP contribution in [0.25, 0.3) is 0 Å². The molecule has 4 heteroatoms. The van der Waals surface area contributed by atoms with Crippen molar-refractivity contribution >= 4 is 0 Å². The Labute approximate surface area is 107 Å². The molecule has 0 aromatic heterocycles. The van der Waals surface area contributed by atoms with Crippen molar-refractivity contribution in [1.82, 2.24) is 5.32 Å². The van der Waals surface area contributed by atoms with Gasteiger partial charge in [-0.15, -0.1) is 0 Å². The molecule has 0 heterocycles. The van der Waals surface area contributed by atoms with Crippen LogP contribution < -0.4 is 5.32 Å². The lowest BCUT2D eigenvalue weighted by Crippen LogP contribution is -2.45. The molecule has 0 bridgehead atoms. The normalized spacial score (nSPS) is 15.6. The number of halogens is 2. The highest BCUT2D eigenvalue weighted by molar-refractivity contribution is 5.29. The zero-order valence-corrected chi connectivity index (χ0v) is 11.6. The molecule has 18 heavy (non-hydrogen) atoms. The molecule has 0 spiro atoms. The molecule has 0 saturated carbocycles. The Morgan fingerprint density at radius 3 is 2.17 bits per heavy atom. The number of nitrogens with one attached hydrogen (secondary N) is 1. The SMILES string of the molecule is Cc1cc(F)c(C(C)(O)CNC(C)(C)C)cc1F. The lowest BCUT2D eigenvalue weighted by atomic mass is 9.93. The van der Waals surface area contributed by atoms with Crippen molar-refractivity contribution in [3.05, 3.63) is 34.9 Å². The first kappa shape index (κ1) is 15.1. The van der Waals surface area contributed by atoms with E-state index in [1.165, 1.54) is 13.8 Å². The van der Waals surface area contributed by atoms with Crippen LogP contribution in [-0.4, -0.2) is 17.2 Å². The highest BCUT2D eigenvalue weighted by Gasteiger charge is 2.29. The van der Waals surface area contributed by atoms with Gasteiger partial charge in [0.1, 0.15) is 17.2 Å². The minimum absolute atomic E-state index is 0.0256. The molecule has 2 N–H and O–H groups in total. The zero-order valence-electron chi connectivity index (χ0n) is 11.6. The zero-order chi connectivity index (χ0) is 14.1. The van der Waals surface area contributed by atoms with E-state index in [4.69, 9.17) is 0 Å².